The number of hydrogen-bond acceptors (Lipinski definition) is 3. The number of carboxylic acid groups (broad SMARTS) is 1. The topological polar surface area (TPSA) is 49.8 Å². The number of ether oxygens (including phenoxy) is 1. The van der Waals surface area contributed by atoms with Crippen LogP contribution in [0.25, 0.3) is 0 Å². The van der Waals surface area contributed by atoms with E-state index >= 15 is 0 Å². The maximum atomic E-state index is 11.8. The zero-order valence-corrected chi connectivity index (χ0v) is 13.1. The molecule has 0 radical (unpaired) electrons. The average Bonchev–Trinajstić information content (AvgIpc) is 2.38. The molecule has 1 N–H and O–H groups in total. The van der Waals surface area contributed by atoms with Gasteiger partial charge in [-0.25, -0.2) is 0 Å². The SMILES string of the molecule is CCOc1cccc(C(C(=O)O)N2CC(C)CC(C)C2)c1. The molecule has 4 nitrogen and oxygen atoms in total. The van der Waals surface area contributed by atoms with Gasteiger partial charge in [-0.3, -0.25) is 9.69 Å². The molecule has 1 aliphatic rings. The molecule has 0 amide bonds. The van der Waals surface area contributed by atoms with E-state index in [1.807, 2.05) is 31.2 Å². The van der Waals surface area contributed by atoms with Crippen molar-refractivity contribution in [3.8, 4) is 5.75 Å². The van der Waals surface area contributed by atoms with Gasteiger partial charge in [0, 0.05) is 13.1 Å². The molecule has 21 heavy (non-hydrogen) atoms. The minimum absolute atomic E-state index is 0.533. The van der Waals surface area contributed by atoms with Crippen molar-refractivity contribution in [1.29, 1.82) is 0 Å². The van der Waals surface area contributed by atoms with Crippen molar-refractivity contribution in [3.63, 3.8) is 0 Å². The maximum Gasteiger partial charge on any atom is 0.325 e. The molecule has 3 atom stereocenters. The normalized spacial score (nSPS) is 24.5. The molecule has 0 spiro atoms. The van der Waals surface area contributed by atoms with Crippen LogP contribution in [0.5, 0.6) is 5.75 Å². The van der Waals surface area contributed by atoms with E-state index in [1.165, 1.54) is 6.42 Å². The van der Waals surface area contributed by atoms with E-state index in [0.717, 1.165) is 24.4 Å². The summed E-state index contributed by atoms with van der Waals surface area (Å²) in [6.07, 6.45) is 1.17. The number of carboxylic acids is 1. The van der Waals surface area contributed by atoms with E-state index in [-0.39, 0.29) is 0 Å². The second-order valence-electron chi connectivity index (χ2n) is 6.15. The molecule has 0 saturated carbocycles. The number of rotatable bonds is 5. The number of nitrogens with zero attached hydrogens (tertiary/aromatic N) is 1. The Kier molecular flexibility index (Phi) is 5.23. The maximum absolute atomic E-state index is 11.8. The van der Waals surface area contributed by atoms with Crippen LogP contribution in [-0.4, -0.2) is 35.7 Å². The van der Waals surface area contributed by atoms with Crippen LogP contribution in [0.2, 0.25) is 0 Å². The van der Waals surface area contributed by atoms with Crippen molar-refractivity contribution >= 4 is 5.97 Å². The van der Waals surface area contributed by atoms with Gasteiger partial charge in [-0.1, -0.05) is 26.0 Å². The quantitative estimate of drug-likeness (QED) is 0.905. The zero-order valence-electron chi connectivity index (χ0n) is 13.1. The predicted molar refractivity (Wildman–Crippen MR) is 82.5 cm³/mol. The Bertz CT molecular complexity index is 479. The van der Waals surface area contributed by atoms with Crippen LogP contribution >= 0.6 is 0 Å². The monoisotopic (exact) mass is 291 g/mol. The number of piperidine rings is 1. The molecule has 0 aromatic heterocycles. The fourth-order valence-corrected chi connectivity index (χ4v) is 3.37. The molecule has 1 saturated heterocycles. The third kappa shape index (κ3) is 3.97. The van der Waals surface area contributed by atoms with E-state index in [2.05, 4.69) is 18.7 Å². The summed E-state index contributed by atoms with van der Waals surface area (Å²) < 4.78 is 5.49. The predicted octanol–water partition coefficient (Wildman–Crippen LogP) is 3.19. The van der Waals surface area contributed by atoms with E-state index in [0.29, 0.717) is 18.4 Å². The molecular formula is C17H25NO3. The van der Waals surface area contributed by atoms with Gasteiger partial charge in [-0.15, -0.1) is 0 Å². The van der Waals surface area contributed by atoms with Crippen LogP contribution in [0.1, 0.15) is 38.8 Å². The van der Waals surface area contributed by atoms with Crippen molar-refractivity contribution in [2.24, 2.45) is 11.8 Å². The summed E-state index contributed by atoms with van der Waals surface area (Å²) >= 11 is 0. The van der Waals surface area contributed by atoms with Gasteiger partial charge >= 0.3 is 5.97 Å². The molecule has 0 bridgehead atoms. The second kappa shape index (κ2) is 6.94. The highest BCUT2D eigenvalue weighted by Gasteiger charge is 2.32. The first-order valence-electron chi connectivity index (χ1n) is 7.70. The lowest BCUT2D eigenvalue weighted by Gasteiger charge is -2.38. The van der Waals surface area contributed by atoms with Gasteiger partial charge in [-0.2, -0.15) is 0 Å². The first kappa shape index (κ1) is 15.8. The molecule has 1 heterocycles. The van der Waals surface area contributed by atoms with E-state index < -0.39 is 12.0 Å². The van der Waals surface area contributed by atoms with Gasteiger partial charge in [0.05, 0.1) is 6.61 Å². The smallest absolute Gasteiger partial charge is 0.325 e. The van der Waals surface area contributed by atoms with Crippen molar-refractivity contribution in [1.82, 2.24) is 4.90 Å². The van der Waals surface area contributed by atoms with Crippen molar-refractivity contribution in [2.75, 3.05) is 19.7 Å². The largest absolute Gasteiger partial charge is 0.494 e. The van der Waals surface area contributed by atoms with E-state index in [4.69, 9.17) is 4.74 Å². The number of carbonyl (C=O) groups is 1. The Morgan fingerprint density at radius 3 is 2.62 bits per heavy atom. The number of aliphatic carboxylic acids is 1. The van der Waals surface area contributed by atoms with Crippen LogP contribution in [0, 0.1) is 11.8 Å². The Morgan fingerprint density at radius 1 is 1.38 bits per heavy atom. The molecule has 1 aromatic rings. The minimum Gasteiger partial charge on any atom is -0.494 e. The Morgan fingerprint density at radius 2 is 2.05 bits per heavy atom. The summed E-state index contributed by atoms with van der Waals surface area (Å²) in [6, 6.07) is 6.88. The highest BCUT2D eigenvalue weighted by molar-refractivity contribution is 5.75. The van der Waals surface area contributed by atoms with Gasteiger partial charge in [0.25, 0.3) is 0 Å². The van der Waals surface area contributed by atoms with Crippen molar-refractivity contribution in [2.45, 2.75) is 33.2 Å². The average molecular weight is 291 g/mol. The van der Waals surface area contributed by atoms with Gasteiger partial charge in [-0.05, 0) is 42.9 Å². The van der Waals surface area contributed by atoms with Crippen LogP contribution in [0.4, 0.5) is 0 Å². The summed E-state index contributed by atoms with van der Waals surface area (Å²) in [5.74, 6) is 1.01. The lowest BCUT2D eigenvalue weighted by molar-refractivity contribution is -0.144. The first-order valence-corrected chi connectivity index (χ1v) is 7.70. The third-order valence-electron chi connectivity index (χ3n) is 3.98. The Hall–Kier alpha value is -1.55. The first-order chi connectivity index (χ1) is 10.0. The van der Waals surface area contributed by atoms with Crippen LogP contribution in [0.15, 0.2) is 24.3 Å². The molecule has 4 heteroatoms. The summed E-state index contributed by atoms with van der Waals surface area (Å²) in [6.45, 7) is 8.56. The summed E-state index contributed by atoms with van der Waals surface area (Å²) in [5.41, 5.74) is 0.801. The fourth-order valence-electron chi connectivity index (χ4n) is 3.37. The number of hydrogen-bond donors (Lipinski definition) is 1. The minimum atomic E-state index is -0.787. The highest BCUT2D eigenvalue weighted by atomic mass is 16.5. The molecular weight excluding hydrogens is 266 g/mol. The molecule has 1 aromatic carbocycles. The van der Waals surface area contributed by atoms with Crippen LogP contribution in [-0.2, 0) is 4.79 Å². The van der Waals surface area contributed by atoms with Gasteiger partial charge in [0.2, 0.25) is 0 Å². The molecule has 3 unspecified atom stereocenters. The van der Waals surface area contributed by atoms with Crippen LogP contribution in [0.3, 0.4) is 0 Å². The molecule has 0 aliphatic carbocycles. The van der Waals surface area contributed by atoms with Gasteiger partial charge in [0.15, 0.2) is 0 Å². The summed E-state index contributed by atoms with van der Waals surface area (Å²) in [4.78, 5) is 13.9. The standard InChI is InChI=1S/C17H25NO3/c1-4-21-15-7-5-6-14(9-15)16(17(19)20)18-10-12(2)8-13(3)11-18/h5-7,9,12-13,16H,4,8,10-11H2,1-3H3,(H,19,20). The van der Waals surface area contributed by atoms with Crippen LogP contribution < -0.4 is 4.74 Å². The molecule has 1 fully saturated rings. The van der Waals surface area contributed by atoms with Crippen molar-refractivity contribution < 1.29 is 14.6 Å². The molecule has 2 rings (SSSR count). The number of likely N-dealkylation sites (tertiary alicyclic amines) is 1. The Labute approximate surface area is 126 Å². The summed E-state index contributed by atoms with van der Waals surface area (Å²) in [7, 11) is 0. The second-order valence-corrected chi connectivity index (χ2v) is 6.15. The van der Waals surface area contributed by atoms with E-state index in [1.54, 1.807) is 0 Å². The zero-order chi connectivity index (χ0) is 15.4. The molecule has 116 valence electrons. The van der Waals surface area contributed by atoms with Gasteiger partial charge < -0.3 is 9.84 Å². The number of benzene rings is 1. The van der Waals surface area contributed by atoms with Gasteiger partial charge in [0.1, 0.15) is 11.8 Å². The van der Waals surface area contributed by atoms with E-state index in [9.17, 15) is 9.90 Å². The van der Waals surface area contributed by atoms with Crippen molar-refractivity contribution in [3.05, 3.63) is 29.8 Å². The molecule has 1 aliphatic heterocycles. The lowest BCUT2D eigenvalue weighted by Crippen LogP contribution is -2.43. The lowest BCUT2D eigenvalue weighted by atomic mass is 9.89. The summed E-state index contributed by atoms with van der Waals surface area (Å²) in [5, 5.41) is 9.69. The third-order valence-corrected chi connectivity index (χ3v) is 3.98. The fraction of sp³-hybridized carbons (Fsp3) is 0.588. The Balaban J connectivity index is 2.26. The highest BCUT2D eigenvalue weighted by Crippen LogP contribution is 2.31.